The number of hydrogen-bond acceptors (Lipinski definition) is 4. The quantitative estimate of drug-likeness (QED) is 0.855. The Hall–Kier alpha value is -1.11. The maximum atomic E-state index is 12.1. The number of amides is 2. The van der Waals surface area contributed by atoms with Crippen molar-refractivity contribution < 1.29 is 9.59 Å². The highest BCUT2D eigenvalue weighted by molar-refractivity contribution is 7.08. The minimum absolute atomic E-state index is 0. The van der Waals surface area contributed by atoms with Crippen LogP contribution >= 0.6 is 23.7 Å². The van der Waals surface area contributed by atoms with Crippen molar-refractivity contribution in [2.75, 3.05) is 19.6 Å². The molecule has 22 heavy (non-hydrogen) atoms. The van der Waals surface area contributed by atoms with Gasteiger partial charge in [-0.2, -0.15) is 11.3 Å². The molecule has 0 aromatic carbocycles. The Labute approximate surface area is 141 Å². The summed E-state index contributed by atoms with van der Waals surface area (Å²) in [5.41, 5.74) is 6.56. The Morgan fingerprint density at radius 1 is 1.45 bits per heavy atom. The fraction of sp³-hybridized carbons (Fsp3) is 0.600. The predicted molar refractivity (Wildman–Crippen MR) is 91.5 cm³/mol. The van der Waals surface area contributed by atoms with E-state index in [1.807, 2.05) is 17.2 Å². The number of rotatable bonds is 5. The second-order valence-corrected chi connectivity index (χ2v) is 6.38. The first-order valence-corrected chi connectivity index (χ1v) is 8.36. The van der Waals surface area contributed by atoms with E-state index >= 15 is 0 Å². The first-order chi connectivity index (χ1) is 10.1. The first-order valence-electron chi connectivity index (χ1n) is 7.41. The normalized spacial score (nSPS) is 16.7. The first kappa shape index (κ1) is 18.9. The van der Waals surface area contributed by atoms with Crippen LogP contribution in [-0.4, -0.2) is 42.4 Å². The second kappa shape index (κ2) is 9.12. The largest absolute Gasteiger partial charge is 0.351 e. The highest BCUT2D eigenvalue weighted by Gasteiger charge is 2.24. The smallest absolute Gasteiger partial charge is 0.252 e. The van der Waals surface area contributed by atoms with Gasteiger partial charge < -0.3 is 16.0 Å². The number of piperidine rings is 1. The van der Waals surface area contributed by atoms with Crippen LogP contribution in [0, 0.1) is 5.92 Å². The van der Waals surface area contributed by atoms with Gasteiger partial charge in [-0.05, 0) is 37.1 Å². The Morgan fingerprint density at radius 2 is 2.14 bits per heavy atom. The van der Waals surface area contributed by atoms with Crippen LogP contribution in [0.3, 0.4) is 0 Å². The summed E-state index contributed by atoms with van der Waals surface area (Å²) >= 11 is 1.49. The van der Waals surface area contributed by atoms with Gasteiger partial charge in [0.05, 0.1) is 0 Å². The lowest BCUT2D eigenvalue weighted by molar-refractivity contribution is -0.132. The van der Waals surface area contributed by atoms with Gasteiger partial charge in [-0.25, -0.2) is 0 Å². The van der Waals surface area contributed by atoms with Crippen molar-refractivity contribution in [1.29, 1.82) is 0 Å². The number of halogens is 1. The van der Waals surface area contributed by atoms with Gasteiger partial charge in [0.15, 0.2) is 0 Å². The average Bonchev–Trinajstić information content (AvgIpc) is 3.01. The van der Waals surface area contributed by atoms with Crippen molar-refractivity contribution in [3.8, 4) is 0 Å². The van der Waals surface area contributed by atoms with Gasteiger partial charge in [0.1, 0.15) is 0 Å². The number of carbonyl (C=O) groups is 2. The molecule has 0 radical (unpaired) electrons. The molecule has 0 bridgehead atoms. The lowest BCUT2D eigenvalue weighted by Gasteiger charge is -2.33. The van der Waals surface area contributed by atoms with Crippen LogP contribution in [-0.2, 0) is 4.79 Å². The van der Waals surface area contributed by atoms with Crippen molar-refractivity contribution >= 4 is 35.6 Å². The molecule has 1 atom stereocenters. The molecule has 1 fully saturated rings. The van der Waals surface area contributed by atoms with Crippen molar-refractivity contribution in [3.63, 3.8) is 0 Å². The molecule has 0 aliphatic carbocycles. The van der Waals surface area contributed by atoms with Crippen LogP contribution in [0.25, 0.3) is 0 Å². The van der Waals surface area contributed by atoms with Gasteiger partial charge in [0.2, 0.25) is 5.91 Å². The molecule has 7 heteroatoms. The van der Waals surface area contributed by atoms with E-state index in [0.29, 0.717) is 24.4 Å². The van der Waals surface area contributed by atoms with E-state index < -0.39 is 0 Å². The zero-order valence-corrected chi connectivity index (χ0v) is 14.4. The van der Waals surface area contributed by atoms with Gasteiger partial charge >= 0.3 is 0 Å². The monoisotopic (exact) mass is 345 g/mol. The van der Waals surface area contributed by atoms with Crippen molar-refractivity contribution in [2.24, 2.45) is 11.7 Å². The summed E-state index contributed by atoms with van der Waals surface area (Å²) < 4.78 is 0. The molecule has 2 amide bonds. The lowest BCUT2D eigenvalue weighted by atomic mass is 9.91. The minimum Gasteiger partial charge on any atom is -0.351 e. The number of carbonyl (C=O) groups excluding carboxylic acids is 2. The summed E-state index contributed by atoms with van der Waals surface area (Å²) in [7, 11) is 0. The molecule has 1 aromatic heterocycles. The van der Waals surface area contributed by atoms with Gasteiger partial charge in [-0.15, -0.1) is 12.4 Å². The molecule has 2 heterocycles. The average molecular weight is 346 g/mol. The van der Waals surface area contributed by atoms with Crippen molar-refractivity contribution in [1.82, 2.24) is 10.2 Å². The second-order valence-electron chi connectivity index (χ2n) is 5.60. The Kier molecular flexibility index (Phi) is 7.85. The molecule has 1 aromatic rings. The molecule has 1 aliphatic rings. The van der Waals surface area contributed by atoms with Crippen LogP contribution in [0.2, 0.25) is 0 Å². The number of nitrogens with two attached hydrogens (primary N) is 1. The van der Waals surface area contributed by atoms with E-state index in [2.05, 4.69) is 5.32 Å². The summed E-state index contributed by atoms with van der Waals surface area (Å²) in [6, 6.07) is 1.98. The number of likely N-dealkylation sites (tertiary alicyclic amines) is 1. The molecule has 2 rings (SSSR count). The fourth-order valence-electron chi connectivity index (χ4n) is 2.61. The summed E-state index contributed by atoms with van der Waals surface area (Å²) in [6.07, 6.45) is 2.31. The number of nitrogens with zero attached hydrogens (tertiary/aromatic N) is 1. The predicted octanol–water partition coefficient (Wildman–Crippen LogP) is 1.88. The van der Waals surface area contributed by atoms with Crippen LogP contribution in [0.15, 0.2) is 16.8 Å². The van der Waals surface area contributed by atoms with E-state index in [-0.39, 0.29) is 30.3 Å². The maximum absolute atomic E-state index is 12.1. The molecular formula is C15H24ClN3O2S. The molecule has 0 spiro atoms. The van der Waals surface area contributed by atoms with E-state index in [9.17, 15) is 9.59 Å². The molecule has 124 valence electrons. The van der Waals surface area contributed by atoms with E-state index in [1.165, 1.54) is 11.3 Å². The summed E-state index contributed by atoms with van der Waals surface area (Å²) in [6.45, 7) is 3.98. The van der Waals surface area contributed by atoms with Crippen molar-refractivity contribution in [2.45, 2.75) is 32.2 Å². The lowest BCUT2D eigenvalue weighted by Crippen LogP contribution is -2.43. The van der Waals surface area contributed by atoms with Crippen molar-refractivity contribution in [3.05, 3.63) is 22.4 Å². The standard InChI is InChI=1S/C15H23N3O2S.ClH/c1-11(16)12-3-7-18(8-4-12)14(19)2-6-17-15(20)13-5-9-21-10-13;/h5,9-12H,2-4,6-8,16H2,1H3,(H,17,20);1H. The molecule has 3 N–H and O–H groups in total. The third-order valence-electron chi connectivity index (χ3n) is 4.04. The number of hydrogen-bond donors (Lipinski definition) is 2. The van der Waals surface area contributed by atoms with E-state index in [0.717, 1.165) is 25.9 Å². The summed E-state index contributed by atoms with van der Waals surface area (Å²) in [4.78, 5) is 25.7. The molecular weight excluding hydrogens is 322 g/mol. The van der Waals surface area contributed by atoms with Crippen LogP contribution in [0.1, 0.15) is 36.5 Å². The third-order valence-corrected chi connectivity index (χ3v) is 4.73. The van der Waals surface area contributed by atoms with Crippen LogP contribution in [0.5, 0.6) is 0 Å². The highest BCUT2D eigenvalue weighted by atomic mass is 35.5. The molecule has 1 saturated heterocycles. The zero-order chi connectivity index (χ0) is 15.2. The molecule has 5 nitrogen and oxygen atoms in total. The van der Waals surface area contributed by atoms with E-state index in [1.54, 1.807) is 11.4 Å². The van der Waals surface area contributed by atoms with Crippen LogP contribution in [0.4, 0.5) is 0 Å². The van der Waals surface area contributed by atoms with Gasteiger partial charge in [0.25, 0.3) is 5.91 Å². The summed E-state index contributed by atoms with van der Waals surface area (Å²) in [5.74, 6) is 0.524. The highest BCUT2D eigenvalue weighted by Crippen LogP contribution is 2.19. The van der Waals surface area contributed by atoms with E-state index in [4.69, 9.17) is 5.73 Å². The fourth-order valence-corrected chi connectivity index (χ4v) is 3.25. The maximum Gasteiger partial charge on any atom is 0.252 e. The van der Waals surface area contributed by atoms with Crippen LogP contribution < -0.4 is 11.1 Å². The number of nitrogens with one attached hydrogen (secondary N) is 1. The zero-order valence-electron chi connectivity index (χ0n) is 12.8. The SMILES string of the molecule is CC(N)C1CCN(C(=O)CCNC(=O)c2ccsc2)CC1.Cl. The molecule has 1 unspecified atom stereocenters. The minimum atomic E-state index is -0.111. The number of thiophene rings is 1. The van der Waals surface area contributed by atoms with Gasteiger partial charge in [0, 0.05) is 43.0 Å². The van der Waals surface area contributed by atoms with Gasteiger partial charge in [-0.1, -0.05) is 0 Å². The summed E-state index contributed by atoms with van der Waals surface area (Å²) in [5, 5.41) is 6.45. The molecule has 1 aliphatic heterocycles. The Morgan fingerprint density at radius 3 is 2.68 bits per heavy atom. The topological polar surface area (TPSA) is 75.4 Å². The Balaban J connectivity index is 0.00000242. The van der Waals surface area contributed by atoms with Gasteiger partial charge in [-0.3, -0.25) is 9.59 Å². The Bertz CT molecular complexity index is 471. The molecule has 0 saturated carbocycles. The third kappa shape index (κ3) is 5.26.